The minimum Gasteiger partial charge on any atom is -0.383 e. The molecule has 2 aromatic heterocycles. The van der Waals surface area contributed by atoms with Gasteiger partial charge in [-0.15, -0.1) is 16.9 Å². The molecule has 3 heterocycles. The summed E-state index contributed by atoms with van der Waals surface area (Å²) in [4.78, 5) is 8.84. The van der Waals surface area contributed by atoms with Gasteiger partial charge in [0.15, 0.2) is 5.54 Å². The third kappa shape index (κ3) is 5.15. The highest BCUT2D eigenvalue weighted by Gasteiger charge is 2.67. The Morgan fingerprint density at radius 3 is 2.56 bits per heavy atom. The van der Waals surface area contributed by atoms with E-state index in [4.69, 9.17) is 0 Å². The quantitative estimate of drug-likeness (QED) is 0.188. The molecule has 43 heavy (non-hydrogen) atoms. The maximum absolute atomic E-state index is 14.0. The summed E-state index contributed by atoms with van der Waals surface area (Å²) in [6.07, 6.45) is -1.51. The van der Waals surface area contributed by atoms with E-state index in [9.17, 15) is 23.7 Å². The van der Waals surface area contributed by atoms with Gasteiger partial charge in [-0.1, -0.05) is 32.9 Å². The molecule has 1 aliphatic carbocycles. The van der Waals surface area contributed by atoms with E-state index < -0.39 is 17.8 Å². The Labute approximate surface area is 250 Å². The van der Waals surface area contributed by atoms with Crippen molar-refractivity contribution < 1.29 is 13.2 Å². The number of nitrogens with zero attached hydrogens (tertiary/aromatic N) is 5. The number of thiazole rings is 1. The fourth-order valence-electron chi connectivity index (χ4n) is 5.21. The van der Waals surface area contributed by atoms with Crippen LogP contribution in [0.1, 0.15) is 56.3 Å². The first-order valence-corrected chi connectivity index (χ1v) is 14.5. The van der Waals surface area contributed by atoms with Gasteiger partial charge < -0.3 is 16.1 Å². The van der Waals surface area contributed by atoms with Crippen molar-refractivity contribution in [1.29, 1.82) is 10.5 Å². The van der Waals surface area contributed by atoms with E-state index in [1.54, 1.807) is 11.6 Å². The van der Waals surface area contributed by atoms with Gasteiger partial charge in [0.05, 0.1) is 49.8 Å². The number of halogens is 3. The zero-order valence-corrected chi connectivity index (χ0v) is 24.4. The number of alkyl halides is 3. The summed E-state index contributed by atoms with van der Waals surface area (Å²) in [5, 5.41) is 28.4. The maximum atomic E-state index is 14.0. The molecular formula is C30H28F3N9S. The first kappa shape index (κ1) is 28.5. The van der Waals surface area contributed by atoms with E-state index in [0.717, 1.165) is 20.8 Å². The monoisotopic (exact) mass is 603 g/mol. The van der Waals surface area contributed by atoms with E-state index in [1.807, 2.05) is 24.3 Å². The number of rotatable bonds is 7. The van der Waals surface area contributed by atoms with Crippen LogP contribution >= 0.6 is 11.3 Å². The molecular weight excluding hydrogens is 575 g/mol. The van der Waals surface area contributed by atoms with Gasteiger partial charge in [0.2, 0.25) is 0 Å². The molecule has 9 nitrogen and oxygen atoms in total. The van der Waals surface area contributed by atoms with Crippen LogP contribution in [0.3, 0.4) is 0 Å². The van der Waals surface area contributed by atoms with Gasteiger partial charge in [0.25, 0.3) is 0 Å². The number of hydrogen-bond donors (Lipinski definition) is 4. The molecule has 1 aliphatic heterocycles. The van der Waals surface area contributed by atoms with Crippen LogP contribution in [-0.2, 0) is 0 Å². The fourth-order valence-corrected chi connectivity index (χ4v) is 6.05. The van der Waals surface area contributed by atoms with Crippen molar-refractivity contribution in [2.75, 3.05) is 17.2 Å². The van der Waals surface area contributed by atoms with Crippen LogP contribution < -0.4 is 21.6 Å². The second kappa shape index (κ2) is 10.3. The summed E-state index contributed by atoms with van der Waals surface area (Å²) in [5.74, 6) is 0. The first-order valence-electron chi connectivity index (χ1n) is 13.6. The van der Waals surface area contributed by atoms with Gasteiger partial charge in [0, 0.05) is 30.0 Å². The van der Waals surface area contributed by atoms with Crippen molar-refractivity contribution in [3.05, 3.63) is 70.6 Å². The molecule has 0 spiro atoms. The molecule has 13 heteroatoms. The number of aromatic nitrogens is 2. The molecule has 4 N–H and O–H groups in total. The van der Waals surface area contributed by atoms with Gasteiger partial charge in [-0.05, 0) is 42.0 Å². The number of pyridine rings is 1. The summed E-state index contributed by atoms with van der Waals surface area (Å²) in [5.41, 5.74) is 9.53. The van der Waals surface area contributed by atoms with E-state index >= 15 is 0 Å². The largest absolute Gasteiger partial charge is 0.413 e. The minimum atomic E-state index is -4.41. The van der Waals surface area contributed by atoms with Gasteiger partial charge in [-0.25, -0.2) is 4.98 Å². The van der Waals surface area contributed by atoms with Crippen molar-refractivity contribution in [2.24, 2.45) is 5.41 Å². The minimum absolute atomic E-state index is 0.00768. The van der Waals surface area contributed by atoms with Crippen molar-refractivity contribution >= 4 is 43.8 Å². The Bertz CT molecular complexity index is 1840. The average molecular weight is 604 g/mol. The average Bonchev–Trinajstić information content (AvgIpc) is 3.41. The zero-order valence-electron chi connectivity index (χ0n) is 23.6. The van der Waals surface area contributed by atoms with Gasteiger partial charge >= 0.3 is 6.18 Å². The predicted molar refractivity (Wildman–Crippen MR) is 159 cm³/mol. The van der Waals surface area contributed by atoms with Crippen LogP contribution in [0.25, 0.3) is 21.1 Å². The van der Waals surface area contributed by atoms with Crippen molar-refractivity contribution in [3.63, 3.8) is 0 Å². The predicted octanol–water partition coefficient (Wildman–Crippen LogP) is 6.46. The van der Waals surface area contributed by atoms with E-state index in [1.165, 1.54) is 23.7 Å². The maximum Gasteiger partial charge on any atom is 0.413 e. The molecule has 6 rings (SSSR count). The third-order valence-electron chi connectivity index (χ3n) is 7.63. The normalized spacial score (nSPS) is 16.7. The van der Waals surface area contributed by atoms with Crippen LogP contribution in [-0.4, -0.2) is 33.2 Å². The topological polar surface area (TPSA) is 125 Å². The molecule has 4 aromatic rings. The highest BCUT2D eigenvalue weighted by molar-refractivity contribution is 7.17. The Balaban J connectivity index is 1.47. The summed E-state index contributed by atoms with van der Waals surface area (Å²) in [6.45, 7) is 6.77. The van der Waals surface area contributed by atoms with Crippen LogP contribution in [0, 0.1) is 28.1 Å². The SMILES string of the molecule is CC(C)(C)CNc1c(C#N)cnc2c(C#N)cc(N[C@H](C3=CN(C4(C(F)(F)F)CC4)NN3)c3cccc4ncsc34)cc12. The van der Waals surface area contributed by atoms with E-state index in [0.29, 0.717) is 45.6 Å². The van der Waals surface area contributed by atoms with Crippen LogP contribution in [0.2, 0.25) is 0 Å². The van der Waals surface area contributed by atoms with Gasteiger partial charge in [0.1, 0.15) is 12.1 Å². The molecule has 0 bridgehead atoms. The molecule has 2 aliphatic rings. The lowest BCUT2D eigenvalue weighted by atomic mass is 9.96. The second-order valence-electron chi connectivity index (χ2n) is 12.0. The van der Waals surface area contributed by atoms with Crippen LogP contribution in [0.15, 0.2) is 53.9 Å². The lowest BCUT2D eigenvalue weighted by Crippen LogP contribution is -2.52. The summed E-state index contributed by atoms with van der Waals surface area (Å²) >= 11 is 1.43. The number of hydrazine groups is 2. The summed E-state index contributed by atoms with van der Waals surface area (Å²) < 4.78 is 42.7. The lowest BCUT2D eigenvalue weighted by Gasteiger charge is -2.28. The summed E-state index contributed by atoms with van der Waals surface area (Å²) in [6, 6.07) is 12.9. The Morgan fingerprint density at radius 2 is 1.88 bits per heavy atom. The van der Waals surface area contributed by atoms with Gasteiger partial charge in [-0.3, -0.25) is 9.99 Å². The zero-order chi connectivity index (χ0) is 30.6. The third-order valence-corrected chi connectivity index (χ3v) is 8.52. The molecule has 0 amide bonds. The van der Waals surface area contributed by atoms with Crippen molar-refractivity contribution in [3.8, 4) is 12.1 Å². The number of nitriles is 2. The van der Waals surface area contributed by atoms with Crippen molar-refractivity contribution in [2.45, 2.75) is 51.4 Å². The molecule has 0 radical (unpaired) electrons. The Hall–Kier alpha value is -4.59. The Kier molecular flexibility index (Phi) is 6.83. The smallest absolute Gasteiger partial charge is 0.383 e. The van der Waals surface area contributed by atoms with Gasteiger partial charge in [-0.2, -0.15) is 23.7 Å². The number of benzene rings is 2. The Morgan fingerprint density at radius 1 is 1.12 bits per heavy atom. The number of fused-ring (bicyclic) bond motifs is 2. The number of nitrogens with one attached hydrogen (secondary N) is 4. The van der Waals surface area contributed by atoms with Crippen LogP contribution in [0.4, 0.5) is 24.5 Å². The second-order valence-corrected chi connectivity index (χ2v) is 12.8. The molecule has 0 unspecified atom stereocenters. The van der Waals surface area contributed by atoms with E-state index in [-0.39, 0.29) is 18.3 Å². The number of anilines is 2. The molecule has 1 saturated carbocycles. The standard InChI is InChI=1S/C30H28F3N9S/c1-28(2,3)15-37-25-18(12-35)13-36-24-17(11-34)9-19(10-21(24)25)39-26(20-5-4-6-22-27(20)43-16-38-22)23-14-42(41-40-23)29(7-8-29)30(31,32)33/h4-6,9-10,13-14,16,26,39-41H,7-8,15H2,1-3H3,(H,36,37)/t26-/m0/s1. The molecule has 2 aromatic carbocycles. The summed E-state index contributed by atoms with van der Waals surface area (Å²) in [7, 11) is 0. The molecule has 0 saturated heterocycles. The lowest BCUT2D eigenvalue weighted by molar-refractivity contribution is -0.195. The van der Waals surface area contributed by atoms with Crippen molar-refractivity contribution in [1.82, 2.24) is 25.9 Å². The van der Waals surface area contributed by atoms with Crippen LogP contribution in [0.5, 0.6) is 0 Å². The fraction of sp³-hybridized carbons (Fsp3) is 0.333. The highest BCUT2D eigenvalue weighted by atomic mass is 32.1. The van der Waals surface area contributed by atoms with E-state index in [2.05, 4.69) is 64.5 Å². The number of hydrogen-bond acceptors (Lipinski definition) is 10. The highest BCUT2D eigenvalue weighted by Crippen LogP contribution is 2.54. The molecule has 220 valence electrons. The molecule has 1 fully saturated rings. The molecule has 1 atom stereocenters. The first-order chi connectivity index (χ1) is 20.4.